The maximum atomic E-state index is 12.0. The van der Waals surface area contributed by atoms with E-state index in [0.29, 0.717) is 15.6 Å². The number of halogens is 3. The van der Waals surface area contributed by atoms with E-state index in [9.17, 15) is 14.9 Å². The predicted octanol–water partition coefficient (Wildman–Crippen LogP) is 4.91. The van der Waals surface area contributed by atoms with Crippen LogP contribution in [0.2, 0.25) is 15.1 Å². The molecule has 0 aromatic heterocycles. The third-order valence-corrected chi connectivity index (χ3v) is 3.73. The van der Waals surface area contributed by atoms with Crippen LogP contribution < -0.4 is 0 Å². The van der Waals surface area contributed by atoms with Crippen molar-refractivity contribution in [2.45, 2.75) is 6.61 Å². The Bertz CT molecular complexity index is 729. The summed E-state index contributed by atoms with van der Waals surface area (Å²) in [7, 11) is 0. The van der Waals surface area contributed by atoms with E-state index >= 15 is 0 Å². The first-order chi connectivity index (χ1) is 10.4. The van der Waals surface area contributed by atoms with Crippen molar-refractivity contribution >= 4 is 46.5 Å². The van der Waals surface area contributed by atoms with Crippen molar-refractivity contribution < 1.29 is 14.5 Å². The number of nitro groups is 1. The Balaban J connectivity index is 2.22. The molecule has 0 fully saturated rings. The molecule has 5 nitrogen and oxygen atoms in total. The molecule has 0 N–H and O–H groups in total. The zero-order valence-corrected chi connectivity index (χ0v) is 13.2. The molecular formula is C14H8Cl3NO4. The number of carbonyl (C=O) groups is 1. The SMILES string of the molecule is O=C(OCc1c(Cl)cccc1Cl)c1ccc(Cl)cc1[N+](=O)[O-]. The maximum absolute atomic E-state index is 12.0. The van der Waals surface area contributed by atoms with Crippen LogP contribution in [0.25, 0.3) is 0 Å². The number of esters is 1. The summed E-state index contributed by atoms with van der Waals surface area (Å²) in [6, 6.07) is 8.54. The van der Waals surface area contributed by atoms with Crippen LogP contribution in [0.3, 0.4) is 0 Å². The van der Waals surface area contributed by atoms with Crippen LogP contribution in [0.1, 0.15) is 15.9 Å². The molecule has 0 aliphatic rings. The summed E-state index contributed by atoms with van der Waals surface area (Å²) in [4.78, 5) is 22.3. The fourth-order valence-electron chi connectivity index (χ4n) is 1.71. The normalized spacial score (nSPS) is 10.3. The minimum Gasteiger partial charge on any atom is -0.457 e. The number of nitrogens with zero attached hydrogens (tertiary/aromatic N) is 1. The van der Waals surface area contributed by atoms with Crippen LogP contribution in [0.4, 0.5) is 5.69 Å². The molecule has 0 unspecified atom stereocenters. The molecule has 0 amide bonds. The number of ether oxygens (including phenoxy) is 1. The van der Waals surface area contributed by atoms with Gasteiger partial charge in [0, 0.05) is 26.7 Å². The van der Waals surface area contributed by atoms with Crippen molar-refractivity contribution in [3.8, 4) is 0 Å². The number of hydrogen-bond acceptors (Lipinski definition) is 4. The lowest BCUT2D eigenvalue weighted by molar-refractivity contribution is -0.385. The van der Waals surface area contributed by atoms with E-state index in [-0.39, 0.29) is 17.2 Å². The van der Waals surface area contributed by atoms with Crippen molar-refractivity contribution in [2.75, 3.05) is 0 Å². The molecule has 22 heavy (non-hydrogen) atoms. The van der Waals surface area contributed by atoms with Gasteiger partial charge >= 0.3 is 5.97 Å². The average Bonchev–Trinajstić information content (AvgIpc) is 2.46. The largest absolute Gasteiger partial charge is 0.457 e. The molecule has 2 aromatic rings. The van der Waals surface area contributed by atoms with Gasteiger partial charge in [-0.15, -0.1) is 0 Å². The van der Waals surface area contributed by atoms with E-state index in [2.05, 4.69) is 0 Å². The summed E-state index contributed by atoms with van der Waals surface area (Å²) in [6.07, 6.45) is 0. The fraction of sp³-hybridized carbons (Fsp3) is 0.0714. The second-order valence-electron chi connectivity index (χ2n) is 4.19. The number of nitro benzene ring substituents is 1. The van der Waals surface area contributed by atoms with Crippen molar-refractivity contribution in [2.24, 2.45) is 0 Å². The van der Waals surface area contributed by atoms with Crippen LogP contribution in [0.5, 0.6) is 0 Å². The molecule has 0 heterocycles. The van der Waals surface area contributed by atoms with Crippen LogP contribution >= 0.6 is 34.8 Å². The molecule has 114 valence electrons. The molecule has 0 radical (unpaired) electrons. The van der Waals surface area contributed by atoms with Crippen molar-refractivity contribution in [1.29, 1.82) is 0 Å². The fourth-order valence-corrected chi connectivity index (χ4v) is 2.39. The Morgan fingerprint density at radius 2 is 1.77 bits per heavy atom. The first-order valence-electron chi connectivity index (χ1n) is 5.94. The van der Waals surface area contributed by atoms with Gasteiger partial charge in [-0.1, -0.05) is 40.9 Å². The highest BCUT2D eigenvalue weighted by Crippen LogP contribution is 2.27. The van der Waals surface area contributed by atoms with E-state index in [1.54, 1.807) is 18.2 Å². The lowest BCUT2D eigenvalue weighted by Crippen LogP contribution is -2.08. The van der Waals surface area contributed by atoms with Crippen LogP contribution in [-0.4, -0.2) is 10.9 Å². The van der Waals surface area contributed by atoms with Gasteiger partial charge in [0.25, 0.3) is 5.69 Å². The lowest BCUT2D eigenvalue weighted by Gasteiger charge is -2.08. The van der Waals surface area contributed by atoms with Crippen LogP contribution in [0, 0.1) is 10.1 Å². The number of hydrogen-bond donors (Lipinski definition) is 0. The second kappa shape index (κ2) is 6.96. The van der Waals surface area contributed by atoms with E-state index in [1.807, 2.05) is 0 Å². The number of rotatable bonds is 4. The van der Waals surface area contributed by atoms with E-state index in [0.717, 1.165) is 6.07 Å². The summed E-state index contributed by atoms with van der Waals surface area (Å²) < 4.78 is 5.05. The van der Waals surface area contributed by atoms with Gasteiger partial charge in [-0.3, -0.25) is 10.1 Å². The Hall–Kier alpha value is -1.82. The first-order valence-corrected chi connectivity index (χ1v) is 7.07. The summed E-state index contributed by atoms with van der Waals surface area (Å²) in [5.41, 5.74) is -0.198. The standard InChI is InChI=1S/C14H8Cl3NO4/c15-8-4-5-9(13(6-8)18(20)21)14(19)22-7-10-11(16)2-1-3-12(10)17/h1-6H,7H2. The van der Waals surface area contributed by atoms with Crippen molar-refractivity contribution in [3.05, 3.63) is 72.7 Å². The molecular weight excluding hydrogens is 353 g/mol. The third kappa shape index (κ3) is 3.68. The Labute approximate surface area is 140 Å². The molecule has 8 heteroatoms. The van der Waals surface area contributed by atoms with Crippen molar-refractivity contribution in [1.82, 2.24) is 0 Å². The Morgan fingerprint density at radius 1 is 1.14 bits per heavy atom. The summed E-state index contributed by atoms with van der Waals surface area (Å²) in [6.45, 7) is -0.197. The highest BCUT2D eigenvalue weighted by molar-refractivity contribution is 6.36. The van der Waals surface area contributed by atoms with E-state index in [1.165, 1.54) is 12.1 Å². The van der Waals surface area contributed by atoms with Gasteiger partial charge in [-0.05, 0) is 24.3 Å². The molecule has 0 atom stereocenters. The van der Waals surface area contributed by atoms with Gasteiger partial charge in [0.15, 0.2) is 0 Å². The molecule has 0 saturated heterocycles. The zero-order chi connectivity index (χ0) is 16.3. The zero-order valence-electron chi connectivity index (χ0n) is 10.9. The topological polar surface area (TPSA) is 69.4 Å². The van der Waals surface area contributed by atoms with Gasteiger partial charge in [0.1, 0.15) is 12.2 Å². The predicted molar refractivity (Wildman–Crippen MR) is 83.7 cm³/mol. The number of carbonyl (C=O) groups excluding carboxylic acids is 1. The highest BCUT2D eigenvalue weighted by atomic mass is 35.5. The quantitative estimate of drug-likeness (QED) is 0.441. The van der Waals surface area contributed by atoms with Crippen LogP contribution in [0.15, 0.2) is 36.4 Å². The lowest BCUT2D eigenvalue weighted by atomic mass is 10.2. The summed E-state index contributed by atoms with van der Waals surface area (Å²) in [5.74, 6) is -0.862. The summed E-state index contributed by atoms with van der Waals surface area (Å²) >= 11 is 17.6. The highest BCUT2D eigenvalue weighted by Gasteiger charge is 2.22. The molecule has 0 bridgehead atoms. The Morgan fingerprint density at radius 3 is 2.36 bits per heavy atom. The van der Waals surface area contributed by atoms with Gasteiger partial charge < -0.3 is 4.74 Å². The van der Waals surface area contributed by atoms with Crippen molar-refractivity contribution in [3.63, 3.8) is 0 Å². The number of benzene rings is 2. The molecule has 0 aliphatic heterocycles. The average molecular weight is 361 g/mol. The van der Waals surface area contributed by atoms with Gasteiger partial charge in [0.05, 0.1) is 4.92 Å². The van der Waals surface area contributed by atoms with Gasteiger partial charge in [0.2, 0.25) is 0 Å². The van der Waals surface area contributed by atoms with Gasteiger partial charge in [-0.2, -0.15) is 0 Å². The van der Waals surface area contributed by atoms with E-state index < -0.39 is 16.6 Å². The Kier molecular flexibility index (Phi) is 5.24. The molecule has 2 rings (SSSR count). The van der Waals surface area contributed by atoms with Crippen LogP contribution in [-0.2, 0) is 11.3 Å². The smallest absolute Gasteiger partial charge is 0.345 e. The minimum atomic E-state index is -0.862. The minimum absolute atomic E-state index is 0.150. The van der Waals surface area contributed by atoms with Gasteiger partial charge in [-0.25, -0.2) is 4.79 Å². The third-order valence-electron chi connectivity index (χ3n) is 2.79. The second-order valence-corrected chi connectivity index (χ2v) is 5.45. The molecule has 0 spiro atoms. The molecule has 0 saturated carbocycles. The van der Waals surface area contributed by atoms with E-state index in [4.69, 9.17) is 39.5 Å². The molecule has 0 aliphatic carbocycles. The summed E-state index contributed by atoms with van der Waals surface area (Å²) in [5, 5.41) is 11.8. The first kappa shape index (κ1) is 16.5. The monoisotopic (exact) mass is 359 g/mol. The molecule has 2 aromatic carbocycles. The maximum Gasteiger partial charge on any atom is 0.345 e.